The van der Waals surface area contributed by atoms with E-state index in [0.29, 0.717) is 6.61 Å². The number of anilines is 1. The fourth-order valence-electron chi connectivity index (χ4n) is 1.36. The Kier molecular flexibility index (Phi) is 4.30. The van der Waals surface area contributed by atoms with Gasteiger partial charge in [0.15, 0.2) is 0 Å². The standard InChI is InChI=1S/C12H14N4O2S/c1-3-18-12-14-11(15-16-12)13-10(17)7-6-9-5-4-8(2)19-9/h4-7H,3H2,1-2H3,(H2,13,14,15,16,17)/b7-6+. The Balaban J connectivity index is 1.91. The molecule has 1 amide bonds. The molecule has 2 aromatic rings. The molecule has 2 rings (SSSR count). The molecule has 0 aromatic carbocycles. The molecule has 0 atom stereocenters. The Morgan fingerprint density at radius 2 is 2.42 bits per heavy atom. The van der Waals surface area contributed by atoms with Crippen molar-refractivity contribution in [2.24, 2.45) is 0 Å². The molecule has 2 N–H and O–H groups in total. The number of aromatic amines is 1. The Labute approximate surface area is 114 Å². The van der Waals surface area contributed by atoms with E-state index in [1.54, 1.807) is 17.4 Å². The quantitative estimate of drug-likeness (QED) is 0.822. The maximum atomic E-state index is 11.6. The summed E-state index contributed by atoms with van der Waals surface area (Å²) in [7, 11) is 0. The second-order valence-electron chi connectivity index (χ2n) is 3.67. The topological polar surface area (TPSA) is 79.9 Å². The number of rotatable bonds is 5. The van der Waals surface area contributed by atoms with Crippen LogP contribution in [-0.2, 0) is 4.79 Å². The van der Waals surface area contributed by atoms with Crippen LogP contribution in [0.5, 0.6) is 6.01 Å². The molecule has 100 valence electrons. The van der Waals surface area contributed by atoms with E-state index in [1.807, 2.05) is 26.0 Å². The van der Waals surface area contributed by atoms with Crippen molar-refractivity contribution < 1.29 is 9.53 Å². The van der Waals surface area contributed by atoms with Crippen LogP contribution in [0.3, 0.4) is 0 Å². The van der Waals surface area contributed by atoms with Gasteiger partial charge in [0.2, 0.25) is 5.95 Å². The molecule has 19 heavy (non-hydrogen) atoms. The molecule has 0 aliphatic rings. The zero-order chi connectivity index (χ0) is 13.7. The third-order valence-corrected chi connectivity index (χ3v) is 3.11. The van der Waals surface area contributed by atoms with E-state index in [-0.39, 0.29) is 17.9 Å². The third-order valence-electron chi connectivity index (χ3n) is 2.14. The number of hydrogen-bond donors (Lipinski definition) is 2. The lowest BCUT2D eigenvalue weighted by Crippen LogP contribution is -2.09. The number of carbonyl (C=O) groups is 1. The fraction of sp³-hybridized carbons (Fsp3) is 0.250. The lowest BCUT2D eigenvalue weighted by atomic mass is 10.4. The van der Waals surface area contributed by atoms with Crippen molar-refractivity contribution in [1.82, 2.24) is 15.2 Å². The predicted octanol–water partition coefficient (Wildman–Crippen LogP) is 2.23. The van der Waals surface area contributed by atoms with E-state index in [0.717, 1.165) is 4.88 Å². The molecule has 2 aromatic heterocycles. The van der Waals surface area contributed by atoms with Crippen molar-refractivity contribution in [3.05, 3.63) is 28.0 Å². The number of nitrogens with one attached hydrogen (secondary N) is 2. The number of hydrogen-bond acceptors (Lipinski definition) is 5. The molecule has 2 heterocycles. The minimum Gasteiger partial charge on any atom is -0.463 e. The summed E-state index contributed by atoms with van der Waals surface area (Å²) in [6, 6.07) is 4.19. The average molecular weight is 278 g/mol. The largest absolute Gasteiger partial charge is 0.463 e. The van der Waals surface area contributed by atoms with Gasteiger partial charge in [0.25, 0.3) is 5.91 Å². The Hall–Kier alpha value is -2.15. The summed E-state index contributed by atoms with van der Waals surface area (Å²) < 4.78 is 5.08. The van der Waals surface area contributed by atoms with Crippen LogP contribution < -0.4 is 10.1 Å². The zero-order valence-electron chi connectivity index (χ0n) is 10.6. The van der Waals surface area contributed by atoms with Crippen LogP contribution in [0.4, 0.5) is 5.95 Å². The highest BCUT2D eigenvalue weighted by Crippen LogP contribution is 2.16. The minimum atomic E-state index is -0.273. The summed E-state index contributed by atoms with van der Waals surface area (Å²) in [6.07, 6.45) is 3.21. The van der Waals surface area contributed by atoms with Gasteiger partial charge in [0.1, 0.15) is 0 Å². The number of aromatic nitrogens is 3. The Morgan fingerprint density at radius 1 is 1.58 bits per heavy atom. The minimum absolute atomic E-state index is 0.218. The van der Waals surface area contributed by atoms with Gasteiger partial charge >= 0.3 is 6.01 Å². The van der Waals surface area contributed by atoms with E-state index in [2.05, 4.69) is 20.5 Å². The number of thiophene rings is 1. The van der Waals surface area contributed by atoms with Gasteiger partial charge in [-0.05, 0) is 32.1 Å². The van der Waals surface area contributed by atoms with Gasteiger partial charge in [-0.25, -0.2) is 5.10 Å². The number of ether oxygens (including phenoxy) is 1. The molecule has 0 fully saturated rings. The highest BCUT2D eigenvalue weighted by molar-refractivity contribution is 7.12. The highest BCUT2D eigenvalue weighted by Gasteiger charge is 2.05. The van der Waals surface area contributed by atoms with E-state index in [4.69, 9.17) is 4.74 Å². The maximum Gasteiger partial charge on any atom is 0.337 e. The molecule has 6 nitrogen and oxygen atoms in total. The predicted molar refractivity (Wildman–Crippen MR) is 74.3 cm³/mol. The number of carbonyl (C=O) groups excluding carboxylic acids is 1. The summed E-state index contributed by atoms with van der Waals surface area (Å²) in [5.41, 5.74) is 0. The van der Waals surface area contributed by atoms with Gasteiger partial charge in [0.05, 0.1) is 6.61 Å². The molecule has 0 spiro atoms. The van der Waals surface area contributed by atoms with Crippen LogP contribution in [0.25, 0.3) is 6.08 Å². The molecule has 0 unspecified atom stereocenters. The van der Waals surface area contributed by atoms with E-state index >= 15 is 0 Å². The monoisotopic (exact) mass is 278 g/mol. The SMILES string of the molecule is CCOc1n[nH]c(NC(=O)/C=C/c2ccc(C)s2)n1. The molecular weight excluding hydrogens is 264 g/mol. The van der Waals surface area contributed by atoms with E-state index in [1.165, 1.54) is 11.0 Å². The zero-order valence-corrected chi connectivity index (χ0v) is 11.5. The third kappa shape index (κ3) is 3.92. The van der Waals surface area contributed by atoms with E-state index < -0.39 is 0 Å². The first-order chi connectivity index (χ1) is 9.17. The van der Waals surface area contributed by atoms with Crippen LogP contribution in [0.15, 0.2) is 18.2 Å². The molecule has 0 radical (unpaired) electrons. The average Bonchev–Trinajstić information content (AvgIpc) is 2.97. The summed E-state index contributed by atoms with van der Waals surface area (Å²) in [5.74, 6) is -0.00860. The number of amides is 1. The first-order valence-corrected chi connectivity index (χ1v) is 6.59. The van der Waals surface area contributed by atoms with Crippen LogP contribution in [0, 0.1) is 6.92 Å². The van der Waals surface area contributed by atoms with Crippen molar-refractivity contribution in [3.63, 3.8) is 0 Å². The van der Waals surface area contributed by atoms with Gasteiger partial charge in [0, 0.05) is 15.8 Å². The molecule has 0 saturated carbocycles. The smallest absolute Gasteiger partial charge is 0.337 e. The number of aryl methyl sites for hydroxylation is 1. The summed E-state index contributed by atoms with van der Waals surface area (Å²) in [6.45, 7) is 4.33. The van der Waals surface area contributed by atoms with Gasteiger partial charge in [-0.1, -0.05) is 0 Å². The summed E-state index contributed by atoms with van der Waals surface area (Å²) in [5, 5.41) is 8.93. The van der Waals surface area contributed by atoms with Gasteiger partial charge in [-0.3, -0.25) is 10.1 Å². The van der Waals surface area contributed by atoms with Crippen LogP contribution >= 0.6 is 11.3 Å². The van der Waals surface area contributed by atoms with Crippen molar-refractivity contribution in [1.29, 1.82) is 0 Å². The van der Waals surface area contributed by atoms with Crippen LogP contribution in [0.2, 0.25) is 0 Å². The fourth-order valence-corrected chi connectivity index (χ4v) is 2.14. The highest BCUT2D eigenvalue weighted by atomic mass is 32.1. The van der Waals surface area contributed by atoms with Gasteiger partial charge in [-0.15, -0.1) is 16.4 Å². The Bertz CT molecular complexity index is 588. The molecular formula is C12H14N4O2S. The Morgan fingerprint density at radius 3 is 3.11 bits per heavy atom. The molecule has 7 heteroatoms. The lowest BCUT2D eigenvalue weighted by Gasteiger charge is -1.94. The van der Waals surface area contributed by atoms with Gasteiger partial charge in [-0.2, -0.15) is 4.98 Å². The van der Waals surface area contributed by atoms with Crippen LogP contribution in [-0.4, -0.2) is 27.7 Å². The maximum absolute atomic E-state index is 11.6. The van der Waals surface area contributed by atoms with Crippen molar-refractivity contribution >= 4 is 29.3 Å². The number of H-pyrrole nitrogens is 1. The summed E-state index contributed by atoms with van der Waals surface area (Å²) >= 11 is 1.62. The number of nitrogens with zero attached hydrogens (tertiary/aromatic N) is 2. The molecule has 0 saturated heterocycles. The molecule has 0 aliphatic carbocycles. The van der Waals surface area contributed by atoms with Crippen molar-refractivity contribution in [2.75, 3.05) is 11.9 Å². The lowest BCUT2D eigenvalue weighted by molar-refractivity contribution is -0.111. The normalized spacial score (nSPS) is 10.8. The summed E-state index contributed by atoms with van der Waals surface area (Å²) in [4.78, 5) is 17.8. The van der Waals surface area contributed by atoms with Crippen LogP contribution in [0.1, 0.15) is 16.7 Å². The van der Waals surface area contributed by atoms with Crippen molar-refractivity contribution in [2.45, 2.75) is 13.8 Å². The molecule has 0 aliphatic heterocycles. The van der Waals surface area contributed by atoms with Gasteiger partial charge < -0.3 is 4.74 Å². The second-order valence-corrected chi connectivity index (χ2v) is 4.99. The van der Waals surface area contributed by atoms with E-state index in [9.17, 15) is 4.79 Å². The first-order valence-electron chi connectivity index (χ1n) is 5.78. The second kappa shape index (κ2) is 6.14. The van der Waals surface area contributed by atoms with Crippen molar-refractivity contribution in [3.8, 4) is 6.01 Å². The first kappa shape index (κ1) is 13.3. The molecule has 0 bridgehead atoms.